The maximum Gasteiger partial charge on any atom is 0.312 e. The topological polar surface area (TPSA) is 60.9 Å². The van der Waals surface area contributed by atoms with Gasteiger partial charge >= 0.3 is 11.8 Å². The number of rotatable bonds is 8. The molecule has 0 saturated heterocycles. The average Bonchev–Trinajstić information content (AvgIpc) is 2.54. The number of amides is 2. The van der Waals surface area contributed by atoms with Crippen LogP contribution in [0.15, 0.2) is 30.3 Å². The Kier molecular flexibility index (Phi) is 8.22. The highest BCUT2D eigenvalue weighted by Gasteiger charge is 2.26. The molecule has 1 rings (SSSR count). The van der Waals surface area contributed by atoms with Gasteiger partial charge in [-0.05, 0) is 18.4 Å². The second-order valence-corrected chi connectivity index (χ2v) is 5.23. The molecule has 0 radical (unpaired) electrons. The van der Waals surface area contributed by atoms with Crippen LogP contribution in [0.2, 0.25) is 0 Å². The summed E-state index contributed by atoms with van der Waals surface area (Å²) in [7, 11) is 0. The van der Waals surface area contributed by atoms with Gasteiger partial charge in [0, 0.05) is 26.2 Å². The van der Waals surface area contributed by atoms with Crippen LogP contribution in [0.1, 0.15) is 32.3 Å². The first kappa shape index (κ1) is 18.2. The van der Waals surface area contributed by atoms with Crippen LogP contribution in [-0.4, -0.2) is 53.0 Å². The van der Waals surface area contributed by atoms with Gasteiger partial charge in [-0.25, -0.2) is 0 Å². The molecule has 0 spiro atoms. The van der Waals surface area contributed by atoms with Crippen molar-refractivity contribution in [3.8, 4) is 0 Å². The summed E-state index contributed by atoms with van der Waals surface area (Å²) in [6, 6.07) is 9.48. The fraction of sp³-hybridized carbons (Fsp3) is 0.529. The monoisotopic (exact) mass is 306 g/mol. The first-order valence-electron chi connectivity index (χ1n) is 7.87. The Bertz CT molecular complexity index is 456. The van der Waals surface area contributed by atoms with Crippen molar-refractivity contribution in [3.05, 3.63) is 35.9 Å². The predicted molar refractivity (Wildman–Crippen MR) is 86.1 cm³/mol. The van der Waals surface area contributed by atoms with Crippen molar-refractivity contribution < 1.29 is 14.7 Å². The molecule has 1 N–H and O–H groups in total. The van der Waals surface area contributed by atoms with Crippen LogP contribution in [0.4, 0.5) is 0 Å². The number of benzene rings is 1. The van der Waals surface area contributed by atoms with E-state index >= 15 is 0 Å². The normalized spacial score (nSPS) is 10.3. The highest BCUT2D eigenvalue weighted by atomic mass is 16.3. The van der Waals surface area contributed by atoms with Crippen molar-refractivity contribution in [1.82, 2.24) is 9.80 Å². The molecule has 22 heavy (non-hydrogen) atoms. The molecule has 0 bridgehead atoms. The number of nitrogens with zero attached hydrogens (tertiary/aromatic N) is 2. The standard InChI is InChI=1S/C17H26N2O3/c1-3-10-18(11-4-2)16(21)17(22)19(12-13-20)14-15-8-6-5-7-9-15/h5-9,20H,3-4,10-14H2,1-2H3. The summed E-state index contributed by atoms with van der Waals surface area (Å²) in [6.45, 7) is 5.45. The first-order chi connectivity index (χ1) is 10.6. The number of carbonyl (C=O) groups excluding carboxylic acids is 2. The van der Waals surface area contributed by atoms with Crippen molar-refractivity contribution >= 4 is 11.8 Å². The third kappa shape index (κ3) is 5.48. The van der Waals surface area contributed by atoms with Crippen LogP contribution in [0.3, 0.4) is 0 Å². The molecule has 1 aromatic rings. The maximum atomic E-state index is 12.5. The fourth-order valence-corrected chi connectivity index (χ4v) is 2.30. The van der Waals surface area contributed by atoms with Gasteiger partial charge in [0.2, 0.25) is 0 Å². The Morgan fingerprint density at radius 3 is 1.95 bits per heavy atom. The molecule has 0 aliphatic heterocycles. The molecule has 0 aliphatic carbocycles. The van der Waals surface area contributed by atoms with Crippen LogP contribution in [0.5, 0.6) is 0 Å². The molecule has 0 unspecified atom stereocenters. The van der Waals surface area contributed by atoms with E-state index < -0.39 is 11.8 Å². The fourth-order valence-electron chi connectivity index (χ4n) is 2.30. The van der Waals surface area contributed by atoms with E-state index in [1.54, 1.807) is 4.90 Å². The van der Waals surface area contributed by atoms with Crippen LogP contribution in [0, 0.1) is 0 Å². The van der Waals surface area contributed by atoms with E-state index in [0.717, 1.165) is 18.4 Å². The minimum atomic E-state index is -0.542. The molecule has 122 valence electrons. The number of carbonyl (C=O) groups is 2. The number of aliphatic hydroxyl groups is 1. The summed E-state index contributed by atoms with van der Waals surface area (Å²) in [5.41, 5.74) is 0.939. The van der Waals surface area contributed by atoms with Gasteiger partial charge in [0.25, 0.3) is 0 Å². The molecular formula is C17H26N2O3. The SMILES string of the molecule is CCCN(CCC)C(=O)C(=O)N(CCO)Cc1ccccc1. The van der Waals surface area contributed by atoms with Gasteiger partial charge < -0.3 is 14.9 Å². The lowest BCUT2D eigenvalue weighted by molar-refractivity contribution is -0.152. The molecule has 2 amide bonds. The highest BCUT2D eigenvalue weighted by molar-refractivity contribution is 6.34. The van der Waals surface area contributed by atoms with Crippen LogP contribution >= 0.6 is 0 Å². The predicted octanol–water partition coefficient (Wildman–Crippen LogP) is 1.66. The van der Waals surface area contributed by atoms with E-state index in [4.69, 9.17) is 0 Å². The van der Waals surface area contributed by atoms with Gasteiger partial charge in [0.05, 0.1) is 6.61 Å². The van der Waals surface area contributed by atoms with Crippen molar-refractivity contribution in [2.24, 2.45) is 0 Å². The number of aliphatic hydroxyl groups excluding tert-OH is 1. The molecule has 0 fully saturated rings. The molecule has 0 aliphatic rings. The minimum Gasteiger partial charge on any atom is -0.395 e. The van der Waals surface area contributed by atoms with Crippen molar-refractivity contribution in [2.45, 2.75) is 33.2 Å². The third-order valence-electron chi connectivity index (χ3n) is 3.33. The molecule has 0 aromatic heterocycles. The zero-order valence-corrected chi connectivity index (χ0v) is 13.5. The maximum absolute atomic E-state index is 12.5. The molecule has 0 saturated carbocycles. The van der Waals surface area contributed by atoms with Crippen LogP contribution in [-0.2, 0) is 16.1 Å². The Labute approximate surface area is 132 Å². The first-order valence-corrected chi connectivity index (χ1v) is 7.87. The second-order valence-electron chi connectivity index (χ2n) is 5.23. The van der Waals surface area contributed by atoms with Crippen molar-refractivity contribution in [2.75, 3.05) is 26.2 Å². The third-order valence-corrected chi connectivity index (χ3v) is 3.33. The Hall–Kier alpha value is -1.88. The Morgan fingerprint density at radius 1 is 0.909 bits per heavy atom. The summed E-state index contributed by atoms with van der Waals surface area (Å²) >= 11 is 0. The molecule has 5 nitrogen and oxygen atoms in total. The average molecular weight is 306 g/mol. The van der Waals surface area contributed by atoms with Gasteiger partial charge in [-0.15, -0.1) is 0 Å². The van der Waals surface area contributed by atoms with E-state index in [0.29, 0.717) is 19.6 Å². The Balaban J connectivity index is 2.80. The number of hydrogen-bond acceptors (Lipinski definition) is 3. The van der Waals surface area contributed by atoms with Crippen LogP contribution in [0.25, 0.3) is 0 Å². The minimum absolute atomic E-state index is 0.158. The van der Waals surface area contributed by atoms with Crippen molar-refractivity contribution in [3.63, 3.8) is 0 Å². The summed E-state index contributed by atoms with van der Waals surface area (Å²) in [6.07, 6.45) is 1.63. The summed E-state index contributed by atoms with van der Waals surface area (Å²) in [5, 5.41) is 9.17. The highest BCUT2D eigenvalue weighted by Crippen LogP contribution is 2.07. The van der Waals surface area contributed by atoms with Gasteiger partial charge in [0.15, 0.2) is 0 Å². The lowest BCUT2D eigenvalue weighted by Crippen LogP contribution is -2.46. The number of hydrogen-bond donors (Lipinski definition) is 1. The molecule has 0 heterocycles. The van der Waals surface area contributed by atoms with Gasteiger partial charge in [-0.3, -0.25) is 9.59 Å². The quantitative estimate of drug-likeness (QED) is 0.743. The van der Waals surface area contributed by atoms with Gasteiger partial charge in [-0.2, -0.15) is 0 Å². The lowest BCUT2D eigenvalue weighted by atomic mass is 10.2. The van der Waals surface area contributed by atoms with Crippen LogP contribution < -0.4 is 0 Å². The molecule has 5 heteroatoms. The lowest BCUT2D eigenvalue weighted by Gasteiger charge is -2.26. The van der Waals surface area contributed by atoms with E-state index in [2.05, 4.69) is 0 Å². The van der Waals surface area contributed by atoms with E-state index in [-0.39, 0.29) is 13.2 Å². The van der Waals surface area contributed by atoms with E-state index in [1.165, 1.54) is 4.90 Å². The largest absolute Gasteiger partial charge is 0.395 e. The summed E-state index contributed by atoms with van der Waals surface area (Å²) in [5.74, 6) is -1.02. The van der Waals surface area contributed by atoms with Gasteiger partial charge in [-0.1, -0.05) is 44.2 Å². The smallest absolute Gasteiger partial charge is 0.312 e. The zero-order chi connectivity index (χ0) is 16.4. The zero-order valence-electron chi connectivity index (χ0n) is 13.5. The molecule has 0 atom stereocenters. The molecular weight excluding hydrogens is 280 g/mol. The summed E-state index contributed by atoms with van der Waals surface area (Å²) < 4.78 is 0. The van der Waals surface area contributed by atoms with Gasteiger partial charge in [0.1, 0.15) is 0 Å². The Morgan fingerprint density at radius 2 is 1.45 bits per heavy atom. The van der Waals surface area contributed by atoms with E-state index in [9.17, 15) is 14.7 Å². The van der Waals surface area contributed by atoms with E-state index in [1.807, 2.05) is 44.2 Å². The second kappa shape index (κ2) is 9.95. The van der Waals surface area contributed by atoms with Crippen molar-refractivity contribution in [1.29, 1.82) is 0 Å². The summed E-state index contributed by atoms with van der Waals surface area (Å²) in [4.78, 5) is 27.8. The molecule has 1 aromatic carbocycles.